The molecule has 25 heavy (non-hydrogen) atoms. The number of amidine groups is 1. The lowest BCUT2D eigenvalue weighted by atomic mass is 10.2. The summed E-state index contributed by atoms with van der Waals surface area (Å²) < 4.78 is 13.5. The van der Waals surface area contributed by atoms with E-state index in [-0.39, 0.29) is 10.9 Å². The minimum atomic E-state index is -0.533. The zero-order valence-corrected chi connectivity index (χ0v) is 14.7. The molecule has 2 aromatic carbocycles. The Kier molecular flexibility index (Phi) is 5.36. The molecule has 0 saturated carbocycles. The fourth-order valence-electron chi connectivity index (χ4n) is 2.29. The van der Waals surface area contributed by atoms with Gasteiger partial charge in [0.1, 0.15) is 11.5 Å². The Bertz CT molecular complexity index is 880. The highest BCUT2D eigenvalue weighted by molar-refractivity contribution is 8.14. The largest absolute Gasteiger partial charge is 0.283 e. The number of carbonyl (C=O) groups excluding carboxylic acids is 1. The van der Waals surface area contributed by atoms with E-state index in [9.17, 15) is 9.18 Å². The Morgan fingerprint density at radius 1 is 1.24 bits per heavy atom. The summed E-state index contributed by atoms with van der Waals surface area (Å²) in [6, 6.07) is 13.6. The highest BCUT2D eigenvalue weighted by Crippen LogP contribution is 2.31. The van der Waals surface area contributed by atoms with Crippen LogP contribution < -0.4 is 4.90 Å². The average molecular weight is 373 g/mol. The fraction of sp³-hybridized carbons (Fsp3) is 0.0526. The van der Waals surface area contributed by atoms with Crippen LogP contribution in [0.4, 0.5) is 10.1 Å². The molecule has 126 valence electrons. The first-order valence-electron chi connectivity index (χ1n) is 7.49. The quantitative estimate of drug-likeness (QED) is 0.549. The van der Waals surface area contributed by atoms with Gasteiger partial charge in [-0.2, -0.15) is 0 Å². The predicted molar refractivity (Wildman–Crippen MR) is 103 cm³/mol. The standard InChI is InChI=1S/C19H14ClFN2OS/c1-2-10-25-19-22-17(11-13-6-4-3-5-7-13)18(24)23(19)14-8-9-16(21)15(20)12-14/h2-9,11-12H,1,10H2. The van der Waals surface area contributed by atoms with Crippen LogP contribution in [0, 0.1) is 5.82 Å². The van der Waals surface area contributed by atoms with Crippen molar-refractivity contribution >= 4 is 46.2 Å². The number of aliphatic imine (C=N–C) groups is 1. The maximum atomic E-state index is 13.5. The number of nitrogens with zero attached hydrogens (tertiary/aromatic N) is 2. The lowest BCUT2D eigenvalue weighted by molar-refractivity contribution is -0.113. The summed E-state index contributed by atoms with van der Waals surface area (Å²) in [4.78, 5) is 18.7. The topological polar surface area (TPSA) is 32.7 Å². The van der Waals surface area contributed by atoms with Gasteiger partial charge in [0.15, 0.2) is 5.17 Å². The molecule has 0 bridgehead atoms. The predicted octanol–water partition coefficient (Wildman–Crippen LogP) is 5.14. The highest BCUT2D eigenvalue weighted by Gasteiger charge is 2.32. The van der Waals surface area contributed by atoms with E-state index in [2.05, 4.69) is 11.6 Å². The van der Waals surface area contributed by atoms with Crippen molar-refractivity contribution in [3.05, 3.63) is 83.3 Å². The summed E-state index contributed by atoms with van der Waals surface area (Å²) in [5, 5.41) is 0.466. The van der Waals surface area contributed by atoms with Gasteiger partial charge in [-0.3, -0.25) is 9.69 Å². The molecule has 2 aromatic rings. The lowest BCUT2D eigenvalue weighted by Gasteiger charge is -2.17. The Hall–Kier alpha value is -2.37. The van der Waals surface area contributed by atoms with Crippen molar-refractivity contribution in [2.45, 2.75) is 0 Å². The van der Waals surface area contributed by atoms with Gasteiger partial charge in [-0.15, -0.1) is 6.58 Å². The third-order valence-corrected chi connectivity index (χ3v) is 4.65. The van der Waals surface area contributed by atoms with Gasteiger partial charge in [-0.25, -0.2) is 9.38 Å². The molecule has 0 aromatic heterocycles. The van der Waals surface area contributed by atoms with E-state index in [1.807, 2.05) is 30.3 Å². The third kappa shape index (κ3) is 3.83. The molecule has 3 rings (SSSR count). The van der Waals surface area contributed by atoms with Crippen LogP contribution in [0.25, 0.3) is 6.08 Å². The normalized spacial score (nSPS) is 15.6. The van der Waals surface area contributed by atoms with E-state index in [0.717, 1.165) is 5.56 Å². The molecule has 0 spiro atoms. The van der Waals surface area contributed by atoms with E-state index in [1.54, 1.807) is 12.2 Å². The van der Waals surface area contributed by atoms with E-state index < -0.39 is 5.82 Å². The molecule has 1 amide bonds. The smallest absolute Gasteiger partial charge is 0.266 e. The van der Waals surface area contributed by atoms with Gasteiger partial charge >= 0.3 is 0 Å². The molecule has 0 fully saturated rings. The van der Waals surface area contributed by atoms with Crippen LogP contribution in [0.5, 0.6) is 0 Å². The van der Waals surface area contributed by atoms with Crippen LogP contribution in [0.3, 0.4) is 0 Å². The maximum Gasteiger partial charge on any atom is 0.283 e. The van der Waals surface area contributed by atoms with Crippen molar-refractivity contribution in [3.63, 3.8) is 0 Å². The monoisotopic (exact) mass is 372 g/mol. The van der Waals surface area contributed by atoms with Crippen LogP contribution >= 0.6 is 23.4 Å². The SMILES string of the molecule is C=CCSC1=NC(=Cc2ccccc2)C(=O)N1c1ccc(F)c(Cl)c1. The molecule has 6 heteroatoms. The molecule has 0 radical (unpaired) electrons. The van der Waals surface area contributed by atoms with Gasteiger partial charge in [-0.1, -0.05) is 59.8 Å². The molecule has 0 aliphatic carbocycles. The number of hydrogen-bond acceptors (Lipinski definition) is 3. The number of hydrogen-bond donors (Lipinski definition) is 0. The van der Waals surface area contributed by atoms with Crippen molar-refractivity contribution in [2.75, 3.05) is 10.7 Å². The number of halogens is 2. The molecule has 0 unspecified atom stereocenters. The van der Waals surface area contributed by atoms with Crippen LogP contribution in [-0.4, -0.2) is 16.8 Å². The minimum absolute atomic E-state index is 0.0427. The molecule has 1 aliphatic rings. The van der Waals surface area contributed by atoms with Crippen LogP contribution in [0.15, 0.2) is 71.9 Å². The first-order valence-corrected chi connectivity index (χ1v) is 8.85. The number of amides is 1. The molecule has 0 saturated heterocycles. The molecule has 3 nitrogen and oxygen atoms in total. The number of anilines is 1. The first-order chi connectivity index (χ1) is 12.1. The minimum Gasteiger partial charge on any atom is -0.266 e. The molecule has 1 heterocycles. The van der Waals surface area contributed by atoms with Gasteiger partial charge in [0.25, 0.3) is 5.91 Å². The van der Waals surface area contributed by atoms with E-state index in [0.29, 0.717) is 22.3 Å². The number of carbonyl (C=O) groups is 1. The van der Waals surface area contributed by atoms with Crippen molar-refractivity contribution in [1.29, 1.82) is 0 Å². The second-order valence-corrected chi connectivity index (χ2v) is 6.57. The van der Waals surface area contributed by atoms with Gasteiger partial charge in [0.05, 0.1) is 10.7 Å². The first kappa shape index (κ1) is 17.5. The van der Waals surface area contributed by atoms with Crippen molar-refractivity contribution < 1.29 is 9.18 Å². The zero-order valence-electron chi connectivity index (χ0n) is 13.2. The third-order valence-electron chi connectivity index (χ3n) is 3.42. The highest BCUT2D eigenvalue weighted by atomic mass is 35.5. The number of thioether (sulfide) groups is 1. The maximum absolute atomic E-state index is 13.5. The van der Waals surface area contributed by atoms with Crippen LogP contribution in [0.2, 0.25) is 5.02 Å². The van der Waals surface area contributed by atoms with Crippen molar-refractivity contribution in [2.24, 2.45) is 4.99 Å². The summed E-state index contributed by atoms with van der Waals surface area (Å²) in [5.41, 5.74) is 1.67. The van der Waals surface area contributed by atoms with Crippen LogP contribution in [-0.2, 0) is 4.79 Å². The Labute approximate surface area is 154 Å². The second-order valence-electron chi connectivity index (χ2n) is 5.17. The van der Waals surface area contributed by atoms with Gasteiger partial charge in [-0.05, 0) is 29.8 Å². The summed E-state index contributed by atoms with van der Waals surface area (Å²) in [7, 11) is 0. The summed E-state index contributed by atoms with van der Waals surface area (Å²) >= 11 is 7.24. The molecular weight excluding hydrogens is 359 g/mol. The van der Waals surface area contributed by atoms with E-state index in [4.69, 9.17) is 11.6 Å². The molecular formula is C19H14ClFN2OS. The Morgan fingerprint density at radius 3 is 2.68 bits per heavy atom. The van der Waals surface area contributed by atoms with Crippen molar-refractivity contribution in [3.8, 4) is 0 Å². The average Bonchev–Trinajstić information content (AvgIpc) is 2.92. The van der Waals surface area contributed by atoms with Crippen molar-refractivity contribution in [1.82, 2.24) is 0 Å². The van der Waals surface area contributed by atoms with Gasteiger partial charge < -0.3 is 0 Å². The summed E-state index contributed by atoms with van der Waals surface area (Å²) in [6.45, 7) is 3.69. The van der Waals surface area contributed by atoms with Crippen LogP contribution in [0.1, 0.15) is 5.56 Å². The number of benzene rings is 2. The zero-order chi connectivity index (χ0) is 17.8. The molecule has 0 atom stereocenters. The Morgan fingerprint density at radius 2 is 2.00 bits per heavy atom. The van der Waals surface area contributed by atoms with E-state index >= 15 is 0 Å². The lowest BCUT2D eigenvalue weighted by Crippen LogP contribution is -2.30. The number of rotatable bonds is 4. The van der Waals surface area contributed by atoms with E-state index in [1.165, 1.54) is 34.9 Å². The second kappa shape index (κ2) is 7.68. The summed E-state index contributed by atoms with van der Waals surface area (Å²) in [5.74, 6) is -0.219. The molecule has 1 aliphatic heterocycles. The molecule has 0 N–H and O–H groups in total. The van der Waals surface area contributed by atoms with Gasteiger partial charge in [0, 0.05) is 5.75 Å². The Balaban J connectivity index is 2.00. The fourth-order valence-corrected chi connectivity index (χ4v) is 3.21. The summed E-state index contributed by atoms with van der Waals surface area (Å²) in [6.07, 6.45) is 3.45. The van der Waals surface area contributed by atoms with Gasteiger partial charge in [0.2, 0.25) is 0 Å².